The molecule has 3 nitrogen and oxygen atoms in total. The number of hydrogen-bond donors (Lipinski definition) is 2. The van der Waals surface area contributed by atoms with E-state index in [9.17, 15) is 4.79 Å². The molecule has 0 radical (unpaired) electrons. The molecule has 0 spiro atoms. The Kier molecular flexibility index (Phi) is 5.22. The second kappa shape index (κ2) is 6.92. The summed E-state index contributed by atoms with van der Waals surface area (Å²) >= 11 is 1.56. The zero-order valence-electron chi connectivity index (χ0n) is 11.9. The largest absolute Gasteiger partial charge is 0.384 e. The van der Waals surface area contributed by atoms with E-state index >= 15 is 0 Å². The van der Waals surface area contributed by atoms with Crippen molar-refractivity contribution >= 4 is 17.2 Å². The highest BCUT2D eigenvalue weighted by Crippen LogP contribution is 2.35. The second-order valence-corrected chi connectivity index (χ2v) is 6.70. The zero-order chi connectivity index (χ0) is 14.4. The van der Waals surface area contributed by atoms with Crippen molar-refractivity contribution in [2.24, 2.45) is 5.41 Å². The third-order valence-electron chi connectivity index (χ3n) is 3.88. The summed E-state index contributed by atoms with van der Waals surface area (Å²) in [6.45, 7) is 2.52. The Hall–Kier alpha value is -1.31. The molecular weight excluding hydrogens is 270 g/mol. The molecule has 0 saturated heterocycles. The van der Waals surface area contributed by atoms with Gasteiger partial charge in [-0.3, -0.25) is 4.79 Å². The van der Waals surface area contributed by atoms with Crippen molar-refractivity contribution < 1.29 is 9.90 Å². The molecule has 0 unspecified atom stereocenters. The Bertz CT molecular complexity index is 518. The average molecular weight is 291 g/mol. The van der Waals surface area contributed by atoms with E-state index in [1.54, 1.807) is 11.3 Å². The van der Waals surface area contributed by atoms with Crippen LogP contribution in [0.5, 0.6) is 0 Å². The molecule has 0 atom stereocenters. The Morgan fingerprint density at radius 1 is 1.40 bits per heavy atom. The molecule has 2 N–H and O–H groups in total. The molecule has 108 valence electrons. The number of nitrogens with one attached hydrogen (secondary N) is 1. The number of carbonyl (C=O) groups excluding carboxylic acids is 1. The summed E-state index contributed by atoms with van der Waals surface area (Å²) in [6, 6.07) is 3.91. The Balaban J connectivity index is 1.88. The minimum atomic E-state index is -0.185. The van der Waals surface area contributed by atoms with E-state index in [1.165, 1.54) is 6.42 Å². The van der Waals surface area contributed by atoms with Crippen LogP contribution in [0.15, 0.2) is 12.1 Å². The van der Waals surface area contributed by atoms with Gasteiger partial charge in [-0.2, -0.15) is 0 Å². The first-order valence-corrected chi connectivity index (χ1v) is 7.92. The van der Waals surface area contributed by atoms with Crippen LogP contribution in [0, 0.1) is 17.3 Å². The van der Waals surface area contributed by atoms with Gasteiger partial charge in [-0.15, -0.1) is 11.3 Å². The Labute approximate surface area is 124 Å². The zero-order valence-corrected chi connectivity index (χ0v) is 12.7. The monoisotopic (exact) mass is 291 g/mol. The number of hydrogen-bond acceptors (Lipinski definition) is 3. The van der Waals surface area contributed by atoms with E-state index in [2.05, 4.69) is 24.1 Å². The standard InChI is InChI=1S/C16H21NO2S/c1-16(9-3-2-4-10-16)15(19)17-12-14-8-7-13(20-14)6-5-11-18/h7-8,18H,2-4,9-12H2,1H3,(H,17,19). The van der Waals surface area contributed by atoms with Crippen molar-refractivity contribution in [3.63, 3.8) is 0 Å². The summed E-state index contributed by atoms with van der Waals surface area (Å²) in [7, 11) is 0. The van der Waals surface area contributed by atoms with Crippen LogP contribution in [0.3, 0.4) is 0 Å². The van der Waals surface area contributed by atoms with E-state index in [1.807, 2.05) is 12.1 Å². The summed E-state index contributed by atoms with van der Waals surface area (Å²) in [6.07, 6.45) is 5.56. The van der Waals surface area contributed by atoms with Crippen LogP contribution in [0.1, 0.15) is 48.8 Å². The normalized spacial score (nSPS) is 17.1. The SMILES string of the molecule is CC1(C(=O)NCc2ccc(C#CCO)s2)CCCCC1. The van der Waals surface area contributed by atoms with Crippen LogP contribution in [-0.4, -0.2) is 17.6 Å². The van der Waals surface area contributed by atoms with Gasteiger partial charge in [0.05, 0.1) is 11.4 Å². The molecule has 1 saturated carbocycles. The first-order valence-electron chi connectivity index (χ1n) is 7.11. The maximum absolute atomic E-state index is 12.3. The van der Waals surface area contributed by atoms with Crippen molar-refractivity contribution in [2.75, 3.05) is 6.61 Å². The van der Waals surface area contributed by atoms with Gasteiger partial charge in [0.15, 0.2) is 0 Å². The van der Waals surface area contributed by atoms with Gasteiger partial charge in [0.2, 0.25) is 5.91 Å². The number of aliphatic hydroxyl groups is 1. The van der Waals surface area contributed by atoms with Gasteiger partial charge in [-0.1, -0.05) is 38.0 Å². The molecule has 1 heterocycles. The highest BCUT2D eigenvalue weighted by molar-refractivity contribution is 7.12. The molecule has 1 fully saturated rings. The Morgan fingerprint density at radius 3 is 2.85 bits per heavy atom. The number of amides is 1. The molecule has 4 heteroatoms. The Morgan fingerprint density at radius 2 is 2.15 bits per heavy atom. The van der Waals surface area contributed by atoms with E-state index in [0.717, 1.165) is 35.4 Å². The van der Waals surface area contributed by atoms with Crippen molar-refractivity contribution in [3.8, 4) is 11.8 Å². The van der Waals surface area contributed by atoms with Gasteiger partial charge in [0.25, 0.3) is 0 Å². The van der Waals surface area contributed by atoms with E-state index in [4.69, 9.17) is 5.11 Å². The van der Waals surface area contributed by atoms with Gasteiger partial charge in [0.1, 0.15) is 6.61 Å². The fraction of sp³-hybridized carbons (Fsp3) is 0.562. The number of carbonyl (C=O) groups is 1. The molecule has 1 aliphatic carbocycles. The lowest BCUT2D eigenvalue weighted by molar-refractivity contribution is -0.132. The molecule has 1 amide bonds. The molecule has 20 heavy (non-hydrogen) atoms. The molecule has 2 rings (SSSR count). The third kappa shape index (κ3) is 3.84. The van der Waals surface area contributed by atoms with Crippen LogP contribution in [-0.2, 0) is 11.3 Å². The molecular formula is C16H21NO2S. The van der Waals surface area contributed by atoms with Gasteiger partial charge in [-0.05, 0) is 25.0 Å². The molecule has 0 aromatic carbocycles. The summed E-state index contributed by atoms with van der Waals surface area (Å²) in [4.78, 5) is 14.3. The smallest absolute Gasteiger partial charge is 0.226 e. The van der Waals surface area contributed by atoms with Gasteiger partial charge in [0, 0.05) is 10.3 Å². The first kappa shape index (κ1) is 15.1. The summed E-state index contributed by atoms with van der Waals surface area (Å²) < 4.78 is 0. The number of thiophene rings is 1. The van der Waals surface area contributed by atoms with Gasteiger partial charge < -0.3 is 10.4 Å². The lowest BCUT2D eigenvalue weighted by atomic mass is 9.75. The van der Waals surface area contributed by atoms with Crippen molar-refractivity contribution in [3.05, 3.63) is 21.9 Å². The summed E-state index contributed by atoms with van der Waals surface area (Å²) in [5, 5.41) is 11.7. The van der Waals surface area contributed by atoms with Crippen molar-refractivity contribution in [1.29, 1.82) is 0 Å². The highest BCUT2D eigenvalue weighted by Gasteiger charge is 2.34. The average Bonchev–Trinajstić information content (AvgIpc) is 2.91. The third-order valence-corrected chi connectivity index (χ3v) is 4.88. The van der Waals surface area contributed by atoms with Crippen LogP contribution < -0.4 is 5.32 Å². The van der Waals surface area contributed by atoms with Crippen molar-refractivity contribution in [1.82, 2.24) is 5.32 Å². The van der Waals surface area contributed by atoms with E-state index < -0.39 is 0 Å². The minimum Gasteiger partial charge on any atom is -0.384 e. The lowest BCUT2D eigenvalue weighted by Gasteiger charge is -2.31. The maximum Gasteiger partial charge on any atom is 0.226 e. The fourth-order valence-corrected chi connectivity index (χ4v) is 3.43. The van der Waals surface area contributed by atoms with Crippen LogP contribution in [0.25, 0.3) is 0 Å². The number of aliphatic hydroxyl groups excluding tert-OH is 1. The van der Waals surface area contributed by atoms with Gasteiger partial charge in [-0.25, -0.2) is 0 Å². The summed E-state index contributed by atoms with van der Waals surface area (Å²) in [5.74, 6) is 5.68. The highest BCUT2D eigenvalue weighted by atomic mass is 32.1. The molecule has 1 aliphatic rings. The quantitative estimate of drug-likeness (QED) is 0.841. The lowest BCUT2D eigenvalue weighted by Crippen LogP contribution is -2.39. The minimum absolute atomic E-state index is 0.123. The molecule has 0 bridgehead atoms. The van der Waals surface area contributed by atoms with E-state index in [-0.39, 0.29) is 17.9 Å². The first-order chi connectivity index (χ1) is 9.64. The second-order valence-electron chi connectivity index (χ2n) is 5.53. The van der Waals surface area contributed by atoms with E-state index in [0.29, 0.717) is 6.54 Å². The molecule has 1 aromatic heterocycles. The fourth-order valence-electron chi connectivity index (χ4n) is 2.61. The van der Waals surface area contributed by atoms with Gasteiger partial charge >= 0.3 is 0 Å². The predicted molar refractivity (Wildman–Crippen MR) is 81.3 cm³/mol. The van der Waals surface area contributed by atoms with Crippen molar-refractivity contribution in [2.45, 2.75) is 45.6 Å². The van der Waals surface area contributed by atoms with Crippen LogP contribution >= 0.6 is 11.3 Å². The maximum atomic E-state index is 12.3. The topological polar surface area (TPSA) is 49.3 Å². The molecule has 0 aliphatic heterocycles. The van der Waals surface area contributed by atoms with Crippen LogP contribution in [0.4, 0.5) is 0 Å². The summed E-state index contributed by atoms with van der Waals surface area (Å²) in [5.41, 5.74) is -0.185. The van der Waals surface area contributed by atoms with Crippen LogP contribution in [0.2, 0.25) is 0 Å². The predicted octanol–water partition coefficient (Wildman–Crippen LogP) is 2.68. The number of rotatable bonds is 3. The molecule has 1 aromatic rings.